The highest BCUT2D eigenvalue weighted by Crippen LogP contribution is 2.55. The van der Waals surface area contributed by atoms with E-state index in [1.165, 1.54) is 34.9 Å². The quantitative estimate of drug-likeness (QED) is 0.498. The Morgan fingerprint density at radius 3 is 1.31 bits per heavy atom. The van der Waals surface area contributed by atoms with E-state index in [1.807, 2.05) is 0 Å². The summed E-state index contributed by atoms with van der Waals surface area (Å²) < 4.78 is 0. The molecule has 0 spiro atoms. The van der Waals surface area contributed by atoms with Gasteiger partial charge in [0.15, 0.2) is 0 Å². The van der Waals surface area contributed by atoms with Crippen LogP contribution in [0.2, 0.25) is 0 Å². The van der Waals surface area contributed by atoms with Crippen molar-refractivity contribution >= 4 is 29.6 Å². The Morgan fingerprint density at radius 1 is 0.731 bits per heavy atom. The number of carboxylic acid groups (broad SMARTS) is 1. The van der Waals surface area contributed by atoms with Gasteiger partial charge in [0.1, 0.15) is 23.2 Å². The highest BCUT2D eigenvalue weighted by Gasteiger charge is 2.44. The maximum atomic E-state index is 8.25. The van der Waals surface area contributed by atoms with Crippen LogP contribution in [0.1, 0.15) is 19.8 Å². The molecule has 3 heteroatoms. The van der Waals surface area contributed by atoms with E-state index < -0.39 is 13.7 Å². The third kappa shape index (κ3) is 4.59. The van der Waals surface area contributed by atoms with E-state index in [0.29, 0.717) is 0 Å². The molecule has 0 radical (unpaired) electrons. The van der Waals surface area contributed by atoms with Crippen LogP contribution in [0.4, 0.5) is 0 Å². The minimum absolute atomic E-state index is 0.500. The number of hydrogen-bond acceptors (Lipinski definition) is 2. The molecule has 0 saturated heterocycles. The highest BCUT2D eigenvalue weighted by molar-refractivity contribution is 7.95. The van der Waals surface area contributed by atoms with Gasteiger partial charge in [0, 0.05) is 6.47 Å². The second-order valence-corrected chi connectivity index (χ2v) is 9.61. The zero-order valence-electron chi connectivity index (χ0n) is 15.1. The highest BCUT2D eigenvalue weighted by atomic mass is 31.2. The lowest BCUT2D eigenvalue weighted by molar-refractivity contribution is -0.283. The average Bonchev–Trinajstić information content (AvgIpc) is 2.72. The first-order valence-corrected chi connectivity index (χ1v) is 10.9. The first-order valence-electron chi connectivity index (χ1n) is 8.90. The van der Waals surface area contributed by atoms with Crippen molar-refractivity contribution in [3.05, 3.63) is 91.0 Å². The zero-order valence-corrected chi connectivity index (χ0v) is 16.0. The molecular weight excluding hydrogens is 339 g/mol. The van der Waals surface area contributed by atoms with Crippen molar-refractivity contribution in [2.24, 2.45) is 0 Å². The lowest BCUT2D eigenvalue weighted by Gasteiger charge is -2.27. The van der Waals surface area contributed by atoms with Crippen LogP contribution >= 0.6 is 7.26 Å². The Labute approximate surface area is 156 Å². The molecule has 0 unspecified atom stereocenters. The molecule has 0 amide bonds. The summed E-state index contributed by atoms with van der Waals surface area (Å²) in [5, 5.41) is 12.7. The van der Waals surface area contributed by atoms with Gasteiger partial charge in [-0.25, -0.2) is 0 Å². The average molecular weight is 364 g/mol. The number of carbonyl (C=O) groups excluding carboxylic acids is 1. The second kappa shape index (κ2) is 10.5. The van der Waals surface area contributed by atoms with Crippen molar-refractivity contribution in [3.63, 3.8) is 0 Å². The van der Waals surface area contributed by atoms with Crippen molar-refractivity contribution in [2.45, 2.75) is 19.8 Å². The van der Waals surface area contributed by atoms with Crippen LogP contribution in [0.5, 0.6) is 0 Å². The minimum atomic E-state index is -1.57. The van der Waals surface area contributed by atoms with Crippen molar-refractivity contribution in [3.8, 4) is 0 Å². The molecule has 3 aromatic carbocycles. The van der Waals surface area contributed by atoms with Crippen LogP contribution in [0.15, 0.2) is 91.0 Å². The normalized spacial score (nSPS) is 10.5. The van der Waals surface area contributed by atoms with Gasteiger partial charge in [0.2, 0.25) is 0 Å². The van der Waals surface area contributed by atoms with Gasteiger partial charge in [0.25, 0.3) is 0 Å². The molecule has 3 aromatic rings. The molecule has 0 aliphatic carbocycles. The molecule has 0 aliphatic rings. The van der Waals surface area contributed by atoms with Gasteiger partial charge in [-0.1, -0.05) is 67.9 Å². The molecule has 0 heterocycles. The number of rotatable bonds is 6. The van der Waals surface area contributed by atoms with Gasteiger partial charge < -0.3 is 9.90 Å². The van der Waals surface area contributed by atoms with E-state index in [-0.39, 0.29) is 0 Å². The molecule has 0 aliphatic heterocycles. The monoisotopic (exact) mass is 364 g/mol. The van der Waals surface area contributed by atoms with Gasteiger partial charge in [-0.15, -0.1) is 0 Å². The van der Waals surface area contributed by atoms with E-state index >= 15 is 0 Å². The van der Waals surface area contributed by atoms with E-state index in [4.69, 9.17) is 9.90 Å². The molecule has 0 atom stereocenters. The lowest BCUT2D eigenvalue weighted by Crippen LogP contribution is -2.33. The summed E-state index contributed by atoms with van der Waals surface area (Å²) in [7, 11) is -1.57. The fourth-order valence-corrected chi connectivity index (χ4v) is 7.78. The maximum Gasteiger partial charge on any atom is 0.112 e. The summed E-state index contributed by atoms with van der Waals surface area (Å²) in [6.45, 7) is 1.79. The van der Waals surface area contributed by atoms with Gasteiger partial charge >= 0.3 is 0 Å². The van der Waals surface area contributed by atoms with Gasteiger partial charge in [-0.2, -0.15) is 0 Å². The van der Waals surface area contributed by atoms with E-state index in [0.717, 1.165) is 0 Å². The summed E-state index contributed by atoms with van der Waals surface area (Å²) in [5.74, 6) is 0. The van der Waals surface area contributed by atoms with Crippen LogP contribution in [-0.4, -0.2) is 12.6 Å². The van der Waals surface area contributed by atoms with Crippen LogP contribution in [-0.2, 0) is 4.79 Å². The predicted octanol–water partition coefficient (Wildman–Crippen LogP) is 3.15. The number of hydrogen-bond donors (Lipinski definition) is 0. The molecule has 0 aromatic heterocycles. The molecule has 0 bridgehead atoms. The molecule has 0 N–H and O–H groups in total. The van der Waals surface area contributed by atoms with Crippen LogP contribution in [0.3, 0.4) is 0 Å². The molecule has 0 saturated carbocycles. The Balaban J connectivity index is 0.000000758. The number of benzene rings is 3. The molecule has 26 heavy (non-hydrogen) atoms. The third-order valence-electron chi connectivity index (χ3n) is 4.44. The van der Waals surface area contributed by atoms with Crippen molar-refractivity contribution in [1.82, 2.24) is 0 Å². The van der Waals surface area contributed by atoms with Gasteiger partial charge in [-0.3, -0.25) is 0 Å². The van der Waals surface area contributed by atoms with Crippen molar-refractivity contribution in [2.75, 3.05) is 6.16 Å². The fraction of sp³-hybridized carbons (Fsp3) is 0.174. The molecule has 134 valence electrons. The van der Waals surface area contributed by atoms with E-state index in [2.05, 4.69) is 97.9 Å². The predicted molar refractivity (Wildman–Crippen MR) is 111 cm³/mol. The molecule has 3 rings (SSSR count). The summed E-state index contributed by atoms with van der Waals surface area (Å²) in [4.78, 5) is 8.25. The smallest absolute Gasteiger partial charge is 0.112 e. The maximum absolute atomic E-state index is 8.25. The van der Waals surface area contributed by atoms with Crippen molar-refractivity contribution < 1.29 is 9.90 Å². The first-order chi connectivity index (χ1) is 12.8. The van der Waals surface area contributed by atoms with Gasteiger partial charge in [-0.05, 0) is 42.8 Å². The summed E-state index contributed by atoms with van der Waals surface area (Å²) in [5.41, 5.74) is 0. The van der Waals surface area contributed by atoms with Crippen LogP contribution in [0.25, 0.3) is 0 Å². The summed E-state index contributed by atoms with van der Waals surface area (Å²) in [6.07, 6.45) is 3.72. The lowest BCUT2D eigenvalue weighted by atomic mass is 10.3. The molecule has 2 nitrogen and oxygen atoms in total. The minimum Gasteiger partial charge on any atom is -0.554 e. The Bertz CT molecular complexity index is 661. The Morgan fingerprint density at radius 2 is 1.04 bits per heavy atom. The largest absolute Gasteiger partial charge is 0.554 e. The van der Waals surface area contributed by atoms with E-state index in [1.54, 1.807) is 0 Å². The topological polar surface area (TPSA) is 40.1 Å². The molecular formula is C23H25O2P. The Hall–Kier alpha value is -2.44. The zero-order chi connectivity index (χ0) is 18.7. The number of carbonyl (C=O) groups is 1. The second-order valence-electron chi connectivity index (χ2n) is 5.99. The first kappa shape index (κ1) is 19.9. The molecule has 0 fully saturated rings. The fourth-order valence-electron chi connectivity index (χ4n) is 3.28. The van der Waals surface area contributed by atoms with Crippen LogP contribution in [0, 0.1) is 0 Å². The van der Waals surface area contributed by atoms with Gasteiger partial charge in [0.05, 0.1) is 6.16 Å². The van der Waals surface area contributed by atoms with Crippen molar-refractivity contribution in [1.29, 1.82) is 0 Å². The number of unbranched alkanes of at least 4 members (excludes halogenated alkanes) is 1. The standard InChI is InChI=1S/C22H24P.CH2O2/c1-2-3-19-23(20-13-7-4-8-14-20,21-15-9-5-10-16-21)22-17-11-6-12-18-22;2-1-3/h4-18H,2-3,19H2,1H3;1H,(H,2,3)/q+1;/p-1. The third-order valence-corrected chi connectivity index (χ3v) is 8.96. The Kier molecular flexibility index (Phi) is 8.05. The SMILES string of the molecule is CCCC[P+](c1ccccc1)(c1ccccc1)c1ccccc1.O=C[O-]. The van der Waals surface area contributed by atoms with E-state index in [9.17, 15) is 0 Å². The van der Waals surface area contributed by atoms with Crippen LogP contribution < -0.4 is 21.0 Å². The summed E-state index contributed by atoms with van der Waals surface area (Å²) >= 11 is 0. The summed E-state index contributed by atoms with van der Waals surface area (Å²) in [6, 6.07) is 33.4.